The van der Waals surface area contributed by atoms with Crippen molar-refractivity contribution >= 4 is 5.91 Å². The standard InChI is InChI=1S/C16H26N4O2/c1-12-9-14(18-22-12)11-19-5-7-20(8-6-19)16(21)10-13-3-2-4-15(13)17/h9,13,15H,2-8,10-11,17H2,1H3/t13-,15+/m0/s1. The molecule has 2 aliphatic rings. The van der Waals surface area contributed by atoms with Crippen LogP contribution in [0.5, 0.6) is 0 Å². The van der Waals surface area contributed by atoms with Crippen LogP contribution in [0.1, 0.15) is 37.1 Å². The van der Waals surface area contributed by atoms with Gasteiger partial charge in [-0.2, -0.15) is 0 Å². The lowest BCUT2D eigenvalue weighted by Crippen LogP contribution is -2.49. The highest BCUT2D eigenvalue weighted by Crippen LogP contribution is 2.27. The van der Waals surface area contributed by atoms with E-state index in [-0.39, 0.29) is 11.9 Å². The van der Waals surface area contributed by atoms with Gasteiger partial charge in [-0.25, -0.2) is 0 Å². The van der Waals surface area contributed by atoms with Crippen LogP contribution in [-0.4, -0.2) is 53.1 Å². The molecule has 1 aromatic heterocycles. The van der Waals surface area contributed by atoms with Crippen LogP contribution in [0.3, 0.4) is 0 Å². The first-order valence-electron chi connectivity index (χ1n) is 8.30. The van der Waals surface area contributed by atoms with Gasteiger partial charge in [0.25, 0.3) is 0 Å². The number of carbonyl (C=O) groups excluding carboxylic acids is 1. The Morgan fingerprint density at radius 3 is 2.73 bits per heavy atom. The van der Waals surface area contributed by atoms with Crippen molar-refractivity contribution < 1.29 is 9.32 Å². The van der Waals surface area contributed by atoms with E-state index in [1.54, 1.807) is 0 Å². The van der Waals surface area contributed by atoms with Crippen molar-refractivity contribution in [1.29, 1.82) is 0 Å². The van der Waals surface area contributed by atoms with Crippen LogP contribution in [0.2, 0.25) is 0 Å². The summed E-state index contributed by atoms with van der Waals surface area (Å²) in [6.07, 6.45) is 3.98. The second-order valence-corrected chi connectivity index (χ2v) is 6.64. The molecular weight excluding hydrogens is 280 g/mol. The Kier molecular flexibility index (Phi) is 4.78. The average molecular weight is 306 g/mol. The van der Waals surface area contributed by atoms with Gasteiger partial charge in [-0.05, 0) is 25.7 Å². The van der Waals surface area contributed by atoms with Gasteiger partial charge in [-0.1, -0.05) is 11.6 Å². The molecular formula is C16H26N4O2. The third kappa shape index (κ3) is 3.67. The Morgan fingerprint density at radius 2 is 2.14 bits per heavy atom. The van der Waals surface area contributed by atoms with Gasteiger partial charge in [0.1, 0.15) is 5.76 Å². The molecule has 1 saturated heterocycles. The van der Waals surface area contributed by atoms with Gasteiger partial charge >= 0.3 is 0 Å². The third-order valence-electron chi connectivity index (χ3n) is 4.94. The Balaban J connectivity index is 1.44. The Bertz CT molecular complexity index is 508. The molecule has 1 aliphatic heterocycles. The van der Waals surface area contributed by atoms with Crippen molar-refractivity contribution in [2.24, 2.45) is 11.7 Å². The number of aryl methyl sites for hydroxylation is 1. The lowest BCUT2D eigenvalue weighted by molar-refractivity contribution is -0.134. The predicted molar refractivity (Wildman–Crippen MR) is 83.0 cm³/mol. The molecule has 0 aromatic carbocycles. The Morgan fingerprint density at radius 1 is 1.36 bits per heavy atom. The van der Waals surface area contributed by atoms with E-state index in [0.29, 0.717) is 12.3 Å². The molecule has 1 amide bonds. The highest BCUT2D eigenvalue weighted by molar-refractivity contribution is 5.76. The molecule has 6 heteroatoms. The maximum atomic E-state index is 12.4. The number of rotatable bonds is 4. The molecule has 2 N–H and O–H groups in total. The molecule has 1 saturated carbocycles. The van der Waals surface area contributed by atoms with Gasteiger partial charge in [0.15, 0.2) is 0 Å². The van der Waals surface area contributed by atoms with E-state index in [4.69, 9.17) is 10.3 Å². The van der Waals surface area contributed by atoms with Gasteiger partial charge in [0.05, 0.1) is 5.69 Å². The summed E-state index contributed by atoms with van der Waals surface area (Å²) in [6, 6.07) is 2.19. The van der Waals surface area contributed by atoms with E-state index < -0.39 is 0 Å². The zero-order valence-corrected chi connectivity index (χ0v) is 13.3. The second-order valence-electron chi connectivity index (χ2n) is 6.64. The van der Waals surface area contributed by atoms with Crippen molar-refractivity contribution in [3.63, 3.8) is 0 Å². The Hall–Kier alpha value is -1.40. The second kappa shape index (κ2) is 6.79. The third-order valence-corrected chi connectivity index (χ3v) is 4.94. The minimum absolute atomic E-state index is 0.223. The van der Waals surface area contributed by atoms with Gasteiger partial charge < -0.3 is 15.2 Å². The van der Waals surface area contributed by atoms with Gasteiger partial charge in [0, 0.05) is 51.3 Å². The summed E-state index contributed by atoms with van der Waals surface area (Å²) in [4.78, 5) is 16.7. The van der Waals surface area contributed by atoms with Gasteiger partial charge in [-0.15, -0.1) is 0 Å². The van der Waals surface area contributed by atoms with Crippen molar-refractivity contribution in [3.05, 3.63) is 17.5 Å². The van der Waals surface area contributed by atoms with Crippen LogP contribution in [-0.2, 0) is 11.3 Å². The highest BCUT2D eigenvalue weighted by atomic mass is 16.5. The summed E-state index contributed by atoms with van der Waals surface area (Å²) in [5.41, 5.74) is 7.04. The number of nitrogens with two attached hydrogens (primary N) is 1. The summed E-state index contributed by atoms with van der Waals surface area (Å²) in [7, 11) is 0. The van der Waals surface area contributed by atoms with Gasteiger partial charge in [-0.3, -0.25) is 9.69 Å². The lowest BCUT2D eigenvalue weighted by Gasteiger charge is -2.35. The molecule has 22 heavy (non-hydrogen) atoms. The molecule has 0 spiro atoms. The first-order valence-corrected chi connectivity index (χ1v) is 8.30. The molecule has 2 heterocycles. The van der Waals surface area contributed by atoms with E-state index in [1.807, 2.05) is 17.9 Å². The zero-order valence-electron chi connectivity index (χ0n) is 13.3. The predicted octanol–water partition coefficient (Wildman–Crippen LogP) is 1.14. The maximum Gasteiger partial charge on any atom is 0.222 e. The summed E-state index contributed by atoms with van der Waals surface area (Å²) < 4.78 is 5.10. The fourth-order valence-corrected chi connectivity index (χ4v) is 3.55. The first kappa shape index (κ1) is 15.5. The van der Waals surface area contributed by atoms with Crippen LogP contribution in [0.4, 0.5) is 0 Å². The highest BCUT2D eigenvalue weighted by Gasteiger charge is 2.29. The SMILES string of the molecule is Cc1cc(CN2CCN(C(=O)C[C@@H]3CCC[C@H]3N)CC2)no1. The minimum Gasteiger partial charge on any atom is -0.361 e. The molecule has 0 bridgehead atoms. The number of hydrogen-bond donors (Lipinski definition) is 1. The van der Waals surface area contributed by atoms with E-state index in [9.17, 15) is 4.79 Å². The number of carbonyl (C=O) groups is 1. The first-order chi connectivity index (χ1) is 10.6. The number of hydrogen-bond acceptors (Lipinski definition) is 5. The van der Waals surface area contributed by atoms with Crippen molar-refractivity contribution in [1.82, 2.24) is 15.0 Å². The van der Waals surface area contributed by atoms with Crippen LogP contribution in [0, 0.1) is 12.8 Å². The lowest BCUT2D eigenvalue weighted by atomic mass is 9.99. The zero-order chi connectivity index (χ0) is 15.5. The molecule has 122 valence electrons. The Labute approximate surface area is 131 Å². The summed E-state index contributed by atoms with van der Waals surface area (Å²) in [5, 5.41) is 4.03. The molecule has 3 rings (SSSR count). The number of amides is 1. The fraction of sp³-hybridized carbons (Fsp3) is 0.750. The number of nitrogens with zero attached hydrogens (tertiary/aromatic N) is 3. The average Bonchev–Trinajstić information content (AvgIpc) is 3.09. The fourth-order valence-electron chi connectivity index (χ4n) is 3.55. The molecule has 0 radical (unpaired) electrons. The maximum absolute atomic E-state index is 12.4. The normalized spacial score (nSPS) is 26.5. The molecule has 1 aromatic rings. The van der Waals surface area contributed by atoms with Crippen LogP contribution in [0.25, 0.3) is 0 Å². The van der Waals surface area contributed by atoms with Crippen molar-refractivity contribution in [2.45, 2.75) is 45.2 Å². The molecule has 1 aliphatic carbocycles. The summed E-state index contributed by atoms with van der Waals surface area (Å²) in [6.45, 7) is 6.10. The van der Waals surface area contributed by atoms with Crippen LogP contribution in [0.15, 0.2) is 10.6 Å². The van der Waals surface area contributed by atoms with Gasteiger partial charge in [0.2, 0.25) is 5.91 Å². The van der Waals surface area contributed by atoms with Crippen LogP contribution < -0.4 is 5.73 Å². The molecule has 6 nitrogen and oxygen atoms in total. The largest absolute Gasteiger partial charge is 0.361 e. The number of piperazine rings is 1. The smallest absolute Gasteiger partial charge is 0.222 e. The minimum atomic E-state index is 0.223. The topological polar surface area (TPSA) is 75.6 Å². The summed E-state index contributed by atoms with van der Waals surface area (Å²) >= 11 is 0. The monoisotopic (exact) mass is 306 g/mol. The van der Waals surface area contributed by atoms with E-state index in [0.717, 1.165) is 57.0 Å². The quantitative estimate of drug-likeness (QED) is 0.903. The molecule has 2 atom stereocenters. The van der Waals surface area contributed by atoms with E-state index >= 15 is 0 Å². The van der Waals surface area contributed by atoms with Crippen molar-refractivity contribution in [2.75, 3.05) is 26.2 Å². The number of aromatic nitrogens is 1. The molecule has 0 unspecified atom stereocenters. The molecule has 2 fully saturated rings. The summed E-state index contributed by atoms with van der Waals surface area (Å²) in [5.74, 6) is 1.51. The van der Waals surface area contributed by atoms with Crippen molar-refractivity contribution in [3.8, 4) is 0 Å². The van der Waals surface area contributed by atoms with E-state index in [2.05, 4.69) is 10.1 Å². The van der Waals surface area contributed by atoms with Crippen LogP contribution >= 0.6 is 0 Å². The van der Waals surface area contributed by atoms with E-state index in [1.165, 1.54) is 6.42 Å².